The zero-order valence-electron chi connectivity index (χ0n) is 53.3. The Bertz CT molecular complexity index is 3220. The molecule has 14 atom stereocenters. The molecule has 9 rings (SSSR count). The van der Waals surface area contributed by atoms with Gasteiger partial charge in [0.15, 0.2) is 6.10 Å². The minimum Gasteiger partial charge on any atom is -0.691 e. The zero-order chi connectivity index (χ0) is 67.5. The Kier molecular flexibility index (Phi) is 26.6. The summed E-state index contributed by atoms with van der Waals surface area (Å²) in [5.74, 6) is -9.54. The molecule has 1 aliphatic carbocycles. The van der Waals surface area contributed by atoms with Crippen LogP contribution in [0.3, 0.4) is 0 Å². The van der Waals surface area contributed by atoms with Gasteiger partial charge in [-0.25, -0.2) is 10.8 Å². The zero-order valence-corrected chi connectivity index (χ0v) is 56.1. The van der Waals surface area contributed by atoms with Crippen LogP contribution in [0.4, 0.5) is 17.1 Å². The normalized spacial score (nSPS) is 27.9. The van der Waals surface area contributed by atoms with Gasteiger partial charge in [-0.3, -0.25) is 38.6 Å². The Morgan fingerprint density at radius 1 is 0.705 bits per heavy atom. The summed E-state index contributed by atoms with van der Waals surface area (Å²) < 4.78 is 23.1. The number of aliphatic hydroxyl groups is 6. The number of nitrogens with one attached hydrogen (secondary N) is 5. The number of anilines is 3. The van der Waals surface area contributed by atoms with E-state index in [0.717, 1.165) is 79.3 Å². The minimum absolute atomic E-state index is 0. The third kappa shape index (κ3) is 18.5. The molecule has 3 aromatic carbocycles. The van der Waals surface area contributed by atoms with Crippen LogP contribution < -0.4 is 76.1 Å². The second-order valence-corrected chi connectivity index (χ2v) is 26.2. The summed E-state index contributed by atoms with van der Waals surface area (Å²) in [5.41, 5.74) is 3.17. The van der Waals surface area contributed by atoms with Crippen LogP contribution in [-0.2, 0) is 60.4 Å². The number of aromatic hydroxyl groups is 1. The van der Waals surface area contributed by atoms with Crippen molar-refractivity contribution in [2.75, 3.05) is 80.1 Å². The molecule has 1 saturated carbocycles. The Labute approximate surface area is 574 Å². The molecule has 6 aliphatic rings. The molecule has 0 radical (unpaired) electrons. The molecule has 32 heteroatoms. The van der Waals surface area contributed by atoms with Gasteiger partial charge in [0.2, 0.25) is 53.1 Å². The van der Waals surface area contributed by atoms with Crippen molar-refractivity contribution >= 4 is 69.5 Å². The van der Waals surface area contributed by atoms with Crippen LogP contribution in [0, 0.1) is 12.5 Å². The van der Waals surface area contributed by atoms with E-state index in [4.69, 9.17) is 11.3 Å². The predicted molar refractivity (Wildman–Crippen MR) is 334 cm³/mol. The van der Waals surface area contributed by atoms with Gasteiger partial charge in [0.25, 0.3) is 5.91 Å². The van der Waals surface area contributed by atoms with Crippen molar-refractivity contribution in [2.45, 2.75) is 168 Å². The average molecular weight is 1350 g/mol. The van der Waals surface area contributed by atoms with Crippen LogP contribution in [0.25, 0.3) is 4.85 Å². The van der Waals surface area contributed by atoms with Crippen molar-refractivity contribution in [3.8, 4) is 5.75 Å². The van der Waals surface area contributed by atoms with Gasteiger partial charge in [-0.2, -0.15) is 0 Å². The Hall–Kier alpha value is -6.61. The standard InChI is InChI=1S/C63H85N11O19S.Na/c1-35-33-74-55(56(35)81)61(86)65-31-42(76)29-46(66-57(82)38-10-12-39(13-11-38)71-23-25-72(26-24-71)41-16-14-40(15-17-41)70-21-19-45(20-22-70)91-44-7-5-4-6-8-44)58(83)67-52(36(2)75)62(87)73-34-43(77)30-47(73)59(84)68-53(60(85)69-54(63(74)88)50(80)32-64-3)49(79)27-37-9-18-48(78)51(28-37)94(90)93-92-89;/h9-18,28,35-36,42-47,49-50,52-56,75-81,89H,4-8,19-27,29-34H2,1-2H3,(H,65,86)(H,66,82)(H,67,83)(H,68,84)(H,69,85);/q;+1/p-1/t35?,36?,42-,43?,46-,47?,49+,50+,52?,53?,54-,55?,56-,94?;/m0./s1. The third-order valence-electron chi connectivity index (χ3n) is 18.5. The van der Waals surface area contributed by atoms with Gasteiger partial charge >= 0.3 is 29.6 Å². The van der Waals surface area contributed by atoms with E-state index in [0.29, 0.717) is 25.3 Å². The van der Waals surface area contributed by atoms with Gasteiger partial charge in [0.05, 0.1) is 42.7 Å². The summed E-state index contributed by atoms with van der Waals surface area (Å²) in [7, 11) is 0. The monoisotopic (exact) mass is 1350 g/mol. The Morgan fingerprint density at radius 3 is 1.87 bits per heavy atom. The number of phenolic OH excluding ortho intramolecular Hbond substituents is 1. The molecule has 7 amide bonds. The van der Waals surface area contributed by atoms with Crippen molar-refractivity contribution in [3.05, 3.63) is 89.3 Å². The predicted octanol–water partition coefficient (Wildman–Crippen LogP) is -5.85. The van der Waals surface area contributed by atoms with E-state index in [1.54, 1.807) is 24.3 Å². The van der Waals surface area contributed by atoms with Gasteiger partial charge in [-0.05, 0) is 98.8 Å². The van der Waals surface area contributed by atoms with Crippen LogP contribution in [0.2, 0.25) is 0 Å². The smallest absolute Gasteiger partial charge is 0.691 e. The van der Waals surface area contributed by atoms with Crippen molar-refractivity contribution in [1.82, 2.24) is 36.4 Å². The summed E-state index contributed by atoms with van der Waals surface area (Å²) in [5, 5.41) is 105. The molecule has 0 aromatic heterocycles. The SMILES string of the molecule is [C-]#[N+]C[C@@H](O)[C@@H]1NC(=O)C([C@H](O)Cc2ccc(O)c(S(=O)OO[O-])c2)NC(=O)C2CC(O)CN2C(=O)C(C(C)O)NC(=O)[C@@H](NC(=O)c2ccc(N3CCN(c4ccc(N5CCC(OC6CCCCC6)CC5)cc4)CC3)cc2)C[C@H](O)CNC(=O)C2[C@@H](O)C(C)CN2C1=O.[Na+]. The number of nitrogens with zero attached hydrogens (tertiary/aromatic N) is 6. The van der Waals surface area contributed by atoms with Crippen molar-refractivity contribution in [3.63, 3.8) is 0 Å². The first-order valence-corrected chi connectivity index (χ1v) is 32.9. The summed E-state index contributed by atoms with van der Waals surface area (Å²) in [6, 6.07) is 6.90. The van der Waals surface area contributed by atoms with Crippen LogP contribution in [0.5, 0.6) is 5.75 Å². The van der Waals surface area contributed by atoms with Gasteiger partial charge in [-0.15, -0.1) is 4.33 Å². The molecule has 12 N–H and O–H groups in total. The fourth-order valence-electron chi connectivity index (χ4n) is 13.2. The molecule has 8 unspecified atom stereocenters. The molecule has 5 heterocycles. The largest absolute Gasteiger partial charge is 1.00 e. The molecule has 0 spiro atoms. The van der Waals surface area contributed by atoms with Crippen molar-refractivity contribution in [2.24, 2.45) is 5.92 Å². The first kappa shape index (κ1) is 74.2. The van der Waals surface area contributed by atoms with E-state index < -0.39 is 181 Å². The molecule has 6 fully saturated rings. The van der Waals surface area contributed by atoms with E-state index in [-0.39, 0.29) is 47.2 Å². The number of fused-ring (bicyclic) bond motifs is 2. The topological polar surface area (TPSA) is 410 Å². The molecule has 3 aromatic rings. The molecular formula is C63H84N11NaO19S. The molecule has 5 aliphatic heterocycles. The van der Waals surface area contributed by atoms with Gasteiger partial charge in [0.1, 0.15) is 46.9 Å². The Balaban J connectivity index is 0.0000116. The third-order valence-corrected chi connectivity index (χ3v) is 19.4. The number of ether oxygens (including phenoxy) is 1. The van der Waals surface area contributed by atoms with E-state index in [1.165, 1.54) is 50.8 Å². The molecule has 30 nitrogen and oxygen atoms in total. The molecule has 95 heavy (non-hydrogen) atoms. The number of phenols is 1. The fourth-order valence-corrected chi connectivity index (χ4v) is 13.9. The number of piperidine rings is 1. The quantitative estimate of drug-likeness (QED) is 0.0275. The number of hydrogen-bond donors (Lipinski definition) is 12. The minimum atomic E-state index is -2.73. The number of amides is 7. The first-order chi connectivity index (χ1) is 45.0. The van der Waals surface area contributed by atoms with E-state index in [1.807, 2.05) is 0 Å². The number of carbonyl (C=O) groups is 7. The van der Waals surface area contributed by atoms with E-state index in [9.17, 15) is 78.8 Å². The Morgan fingerprint density at radius 2 is 1.27 bits per heavy atom. The van der Waals surface area contributed by atoms with Crippen LogP contribution in [0.1, 0.15) is 87.6 Å². The molecule has 0 bridgehead atoms. The maximum atomic E-state index is 14.7. The summed E-state index contributed by atoms with van der Waals surface area (Å²) >= 11 is -2.73. The fraction of sp³-hybridized carbons (Fsp3) is 0.587. The van der Waals surface area contributed by atoms with Gasteiger partial charge in [0, 0.05) is 107 Å². The first-order valence-electron chi connectivity index (χ1n) is 31.9. The summed E-state index contributed by atoms with van der Waals surface area (Å²) in [4.78, 5) is 112. The summed E-state index contributed by atoms with van der Waals surface area (Å²) in [6.07, 6.45) is -3.61. The average Bonchev–Trinajstić information content (AvgIpc) is 1.58. The molecule has 512 valence electrons. The maximum absolute atomic E-state index is 14.7. The number of aliphatic hydroxyl groups excluding tert-OH is 6. The number of carbonyl (C=O) groups excluding carboxylic acids is 7. The second kappa shape index (κ2) is 34.1. The maximum Gasteiger partial charge on any atom is 1.00 e. The number of β-amino-alcohol motifs (C(OH)–C–C–N with tert-alkyl or cyclic N) is 1. The molecular weight excluding hydrogens is 1270 g/mol. The summed E-state index contributed by atoms with van der Waals surface area (Å²) in [6.45, 7) is 12.3. The second-order valence-electron chi connectivity index (χ2n) is 25.1. The number of piperazine rings is 1. The van der Waals surface area contributed by atoms with Crippen molar-refractivity contribution in [1.29, 1.82) is 0 Å². The number of benzene rings is 3. The van der Waals surface area contributed by atoms with E-state index in [2.05, 4.69) is 79.8 Å². The van der Waals surface area contributed by atoms with Crippen molar-refractivity contribution < 1.29 is 122 Å². The van der Waals surface area contributed by atoms with E-state index >= 15 is 0 Å². The van der Waals surface area contributed by atoms with Crippen LogP contribution in [0.15, 0.2) is 71.6 Å². The van der Waals surface area contributed by atoms with Gasteiger partial charge in [-0.1, -0.05) is 32.3 Å². The molecule has 5 saturated heterocycles. The van der Waals surface area contributed by atoms with Crippen LogP contribution in [-0.4, -0.2) is 242 Å². The van der Waals surface area contributed by atoms with Crippen LogP contribution >= 0.6 is 0 Å². The number of hydrogen-bond acceptors (Lipinski definition) is 22. The number of rotatable bonds is 16. The van der Waals surface area contributed by atoms with Gasteiger partial charge < -0.3 is 102 Å².